The molecule has 0 radical (unpaired) electrons. The van der Waals surface area contributed by atoms with Gasteiger partial charge in [-0.3, -0.25) is 0 Å². The number of nitrogens with one attached hydrogen (secondary N) is 1. The summed E-state index contributed by atoms with van der Waals surface area (Å²) in [7, 11) is 1.59. The zero-order chi connectivity index (χ0) is 7.61. The third-order valence-corrected chi connectivity index (χ3v) is 1.36. The summed E-state index contributed by atoms with van der Waals surface area (Å²) in [5.74, 6) is 0.555. The average molecular weight is 143 g/mol. The van der Waals surface area contributed by atoms with Gasteiger partial charge in [-0.25, -0.2) is 0 Å². The fourth-order valence-corrected chi connectivity index (χ4v) is 0.707. The Morgan fingerprint density at radius 3 is 2.80 bits per heavy atom. The van der Waals surface area contributed by atoms with E-state index < -0.39 is 0 Å². The maximum atomic E-state index is 5.22. The standard InChI is InChI=1S/C7H13NO2/c1-7(2)5-10-6(9-3)4-8-7/h4,8H,5H2,1-3H3. The van der Waals surface area contributed by atoms with Crippen molar-refractivity contribution in [3.8, 4) is 0 Å². The molecule has 0 fully saturated rings. The van der Waals surface area contributed by atoms with Gasteiger partial charge in [-0.2, -0.15) is 0 Å². The highest BCUT2D eigenvalue weighted by Crippen LogP contribution is 2.12. The van der Waals surface area contributed by atoms with Crippen LogP contribution in [0.5, 0.6) is 0 Å². The van der Waals surface area contributed by atoms with Crippen molar-refractivity contribution in [2.24, 2.45) is 0 Å². The Balaban J connectivity index is 2.52. The number of methoxy groups -OCH3 is 1. The summed E-state index contributed by atoms with van der Waals surface area (Å²) in [5, 5.41) is 3.15. The van der Waals surface area contributed by atoms with E-state index in [1.165, 1.54) is 0 Å². The van der Waals surface area contributed by atoms with Crippen molar-refractivity contribution in [1.82, 2.24) is 5.32 Å². The van der Waals surface area contributed by atoms with Crippen LogP contribution in [0.1, 0.15) is 13.8 Å². The maximum Gasteiger partial charge on any atom is 0.295 e. The van der Waals surface area contributed by atoms with Crippen molar-refractivity contribution < 1.29 is 9.47 Å². The van der Waals surface area contributed by atoms with Gasteiger partial charge in [-0.05, 0) is 13.8 Å². The van der Waals surface area contributed by atoms with Crippen LogP contribution in [-0.4, -0.2) is 19.3 Å². The number of hydrogen-bond acceptors (Lipinski definition) is 3. The molecule has 0 aromatic rings. The van der Waals surface area contributed by atoms with Gasteiger partial charge in [0.25, 0.3) is 5.95 Å². The van der Waals surface area contributed by atoms with Gasteiger partial charge in [0.1, 0.15) is 6.61 Å². The minimum Gasteiger partial charge on any atom is -0.468 e. The van der Waals surface area contributed by atoms with Crippen molar-refractivity contribution in [1.29, 1.82) is 0 Å². The molecule has 1 aliphatic rings. The van der Waals surface area contributed by atoms with E-state index in [1.54, 1.807) is 13.3 Å². The highest BCUT2D eigenvalue weighted by atomic mass is 16.7. The second-order valence-corrected chi connectivity index (χ2v) is 2.98. The smallest absolute Gasteiger partial charge is 0.295 e. The molecule has 58 valence electrons. The Hall–Kier alpha value is -0.860. The van der Waals surface area contributed by atoms with Gasteiger partial charge in [0.15, 0.2) is 0 Å². The van der Waals surface area contributed by atoms with E-state index in [0.29, 0.717) is 12.6 Å². The molecule has 1 aliphatic heterocycles. The summed E-state index contributed by atoms with van der Waals surface area (Å²) >= 11 is 0. The summed E-state index contributed by atoms with van der Waals surface area (Å²) in [6.07, 6.45) is 1.74. The SMILES string of the molecule is COC1=CNC(C)(C)CO1. The zero-order valence-electron chi connectivity index (χ0n) is 6.60. The van der Waals surface area contributed by atoms with Crippen LogP contribution in [0.2, 0.25) is 0 Å². The molecule has 0 spiro atoms. The molecule has 1 rings (SSSR count). The molecule has 0 saturated carbocycles. The summed E-state index contributed by atoms with van der Waals surface area (Å²) < 4.78 is 10.1. The lowest BCUT2D eigenvalue weighted by Gasteiger charge is -2.29. The van der Waals surface area contributed by atoms with Crippen LogP contribution < -0.4 is 5.32 Å². The van der Waals surface area contributed by atoms with Crippen molar-refractivity contribution in [2.45, 2.75) is 19.4 Å². The van der Waals surface area contributed by atoms with Crippen LogP contribution in [0, 0.1) is 0 Å². The van der Waals surface area contributed by atoms with Gasteiger partial charge in [0.05, 0.1) is 18.8 Å². The average Bonchev–Trinajstić information content (AvgIpc) is 1.88. The van der Waals surface area contributed by atoms with Crippen LogP contribution >= 0.6 is 0 Å². The van der Waals surface area contributed by atoms with Gasteiger partial charge in [-0.1, -0.05) is 0 Å². The molecule has 0 amide bonds. The van der Waals surface area contributed by atoms with Gasteiger partial charge >= 0.3 is 0 Å². The van der Waals surface area contributed by atoms with Crippen molar-refractivity contribution in [3.05, 3.63) is 12.1 Å². The topological polar surface area (TPSA) is 30.5 Å². The molecule has 1 N–H and O–H groups in total. The Morgan fingerprint density at radius 1 is 1.70 bits per heavy atom. The largest absolute Gasteiger partial charge is 0.468 e. The summed E-state index contributed by atoms with van der Waals surface area (Å²) in [6.45, 7) is 4.78. The lowest BCUT2D eigenvalue weighted by molar-refractivity contribution is 0.0181. The first-order valence-electron chi connectivity index (χ1n) is 3.29. The first-order valence-corrected chi connectivity index (χ1v) is 3.29. The van der Waals surface area contributed by atoms with Gasteiger partial charge < -0.3 is 14.8 Å². The minimum atomic E-state index is 0.0298. The van der Waals surface area contributed by atoms with E-state index in [0.717, 1.165) is 0 Å². The van der Waals surface area contributed by atoms with E-state index in [-0.39, 0.29) is 5.54 Å². The number of hydrogen-bond donors (Lipinski definition) is 1. The van der Waals surface area contributed by atoms with Crippen LogP contribution in [-0.2, 0) is 9.47 Å². The molecule has 3 heteroatoms. The Labute approximate surface area is 61.0 Å². The third kappa shape index (κ3) is 1.56. The lowest BCUT2D eigenvalue weighted by Crippen LogP contribution is -2.43. The van der Waals surface area contributed by atoms with E-state index in [4.69, 9.17) is 9.47 Å². The molecule has 0 bridgehead atoms. The van der Waals surface area contributed by atoms with E-state index >= 15 is 0 Å². The Bertz CT molecular complexity index is 152. The predicted molar refractivity (Wildman–Crippen MR) is 38.3 cm³/mol. The third-order valence-electron chi connectivity index (χ3n) is 1.36. The molecule has 1 heterocycles. The van der Waals surface area contributed by atoms with Gasteiger partial charge in [-0.15, -0.1) is 0 Å². The van der Waals surface area contributed by atoms with Gasteiger partial charge in [0, 0.05) is 0 Å². The molecule has 0 aliphatic carbocycles. The van der Waals surface area contributed by atoms with E-state index in [2.05, 4.69) is 19.2 Å². The molecular formula is C7H13NO2. The highest BCUT2D eigenvalue weighted by molar-refractivity contribution is 4.94. The first kappa shape index (κ1) is 7.25. The van der Waals surface area contributed by atoms with Gasteiger partial charge in [0.2, 0.25) is 0 Å². The van der Waals surface area contributed by atoms with E-state index in [9.17, 15) is 0 Å². The van der Waals surface area contributed by atoms with Crippen LogP contribution in [0.25, 0.3) is 0 Å². The Kier molecular flexibility index (Phi) is 1.74. The maximum absolute atomic E-state index is 5.22. The molecule has 0 aromatic heterocycles. The predicted octanol–water partition coefficient (Wildman–Crippen LogP) is 0.830. The molecule has 0 atom stereocenters. The van der Waals surface area contributed by atoms with Crippen molar-refractivity contribution in [2.75, 3.05) is 13.7 Å². The number of rotatable bonds is 1. The normalized spacial score (nSPS) is 22.1. The molecular weight excluding hydrogens is 130 g/mol. The second kappa shape index (κ2) is 2.40. The highest BCUT2D eigenvalue weighted by Gasteiger charge is 2.21. The van der Waals surface area contributed by atoms with Crippen LogP contribution in [0.4, 0.5) is 0 Å². The van der Waals surface area contributed by atoms with Crippen molar-refractivity contribution >= 4 is 0 Å². The first-order chi connectivity index (χ1) is 4.64. The van der Waals surface area contributed by atoms with Crippen LogP contribution in [0.15, 0.2) is 12.1 Å². The molecule has 0 aromatic carbocycles. The monoisotopic (exact) mass is 143 g/mol. The molecule has 10 heavy (non-hydrogen) atoms. The quantitative estimate of drug-likeness (QED) is 0.589. The fraction of sp³-hybridized carbons (Fsp3) is 0.714. The van der Waals surface area contributed by atoms with E-state index in [1.807, 2.05) is 0 Å². The lowest BCUT2D eigenvalue weighted by atomic mass is 10.1. The van der Waals surface area contributed by atoms with Crippen LogP contribution in [0.3, 0.4) is 0 Å². The minimum absolute atomic E-state index is 0.0298. The fourth-order valence-electron chi connectivity index (χ4n) is 0.707. The summed E-state index contributed by atoms with van der Waals surface area (Å²) in [5.41, 5.74) is 0.0298. The molecule has 0 unspecified atom stereocenters. The summed E-state index contributed by atoms with van der Waals surface area (Å²) in [6, 6.07) is 0. The Morgan fingerprint density at radius 2 is 2.40 bits per heavy atom. The molecule has 3 nitrogen and oxygen atoms in total. The zero-order valence-corrected chi connectivity index (χ0v) is 6.60. The summed E-state index contributed by atoms with van der Waals surface area (Å²) in [4.78, 5) is 0. The number of ether oxygens (including phenoxy) is 2. The second-order valence-electron chi connectivity index (χ2n) is 2.98. The van der Waals surface area contributed by atoms with Crippen molar-refractivity contribution in [3.63, 3.8) is 0 Å². The molecule has 0 saturated heterocycles.